The van der Waals surface area contributed by atoms with Crippen LogP contribution in [0.4, 0.5) is 5.69 Å². The van der Waals surface area contributed by atoms with Crippen molar-refractivity contribution < 1.29 is 9.21 Å². The molecule has 0 aliphatic rings. The van der Waals surface area contributed by atoms with Crippen LogP contribution >= 0.6 is 0 Å². The Morgan fingerprint density at radius 1 is 1.20 bits per heavy atom. The van der Waals surface area contributed by atoms with Crippen LogP contribution in [0, 0.1) is 0 Å². The summed E-state index contributed by atoms with van der Waals surface area (Å²) in [7, 11) is 0. The van der Waals surface area contributed by atoms with E-state index in [-0.39, 0.29) is 5.91 Å². The molecule has 5 heteroatoms. The topological polar surface area (TPSA) is 66.6 Å². The molecule has 0 aliphatic carbocycles. The first-order valence-electron chi connectivity index (χ1n) is 6.49. The van der Waals surface area contributed by atoms with Crippen molar-refractivity contribution in [3.05, 3.63) is 54.5 Å². The number of amides is 1. The molecule has 0 unspecified atom stereocenters. The maximum absolute atomic E-state index is 11.5. The highest BCUT2D eigenvalue weighted by molar-refractivity contribution is 5.80. The number of benzene rings is 1. The highest BCUT2D eigenvalue weighted by Crippen LogP contribution is 2.04. The normalized spacial score (nSPS) is 10.6. The summed E-state index contributed by atoms with van der Waals surface area (Å²) in [5, 5.41) is 7.06. The van der Waals surface area contributed by atoms with Gasteiger partial charge in [0.1, 0.15) is 5.76 Å². The fourth-order valence-corrected chi connectivity index (χ4v) is 1.63. The van der Waals surface area contributed by atoms with Crippen LogP contribution in [-0.2, 0) is 4.79 Å². The predicted molar refractivity (Wildman–Crippen MR) is 78.6 cm³/mol. The summed E-state index contributed by atoms with van der Waals surface area (Å²) in [6.07, 6.45) is 4.20. The first-order valence-corrected chi connectivity index (χ1v) is 6.49. The zero-order chi connectivity index (χ0) is 14.0. The van der Waals surface area contributed by atoms with E-state index in [1.807, 2.05) is 30.3 Å². The third-order valence-electron chi connectivity index (χ3n) is 2.61. The maximum Gasteiger partial charge on any atom is 0.240 e. The number of nitrogens with zero attached hydrogens (tertiary/aromatic N) is 1. The third kappa shape index (κ3) is 4.97. The Bertz CT molecular complexity index is 536. The van der Waals surface area contributed by atoms with Gasteiger partial charge in [-0.05, 0) is 30.7 Å². The zero-order valence-corrected chi connectivity index (χ0v) is 11.1. The Kier molecular flexibility index (Phi) is 5.39. The Morgan fingerprint density at radius 3 is 2.80 bits per heavy atom. The predicted octanol–water partition coefficient (Wildman–Crippen LogP) is 2.62. The van der Waals surface area contributed by atoms with E-state index < -0.39 is 0 Å². The molecule has 1 aromatic heterocycles. The molecule has 1 heterocycles. The van der Waals surface area contributed by atoms with Gasteiger partial charge in [0.2, 0.25) is 5.91 Å². The first-order chi connectivity index (χ1) is 9.84. The summed E-state index contributed by atoms with van der Waals surface area (Å²) in [6, 6.07) is 13.4. The van der Waals surface area contributed by atoms with Gasteiger partial charge < -0.3 is 9.73 Å². The lowest BCUT2D eigenvalue weighted by Gasteiger charge is -2.05. The number of hydrogen-bond acceptors (Lipinski definition) is 4. The Balaban J connectivity index is 1.58. The molecule has 2 aromatic rings. The SMILES string of the molecule is O=C(CCCNc1ccccc1)N/N=C\c1ccco1. The molecule has 0 spiro atoms. The molecular formula is C15H17N3O2. The van der Waals surface area contributed by atoms with Crippen molar-refractivity contribution in [2.45, 2.75) is 12.8 Å². The summed E-state index contributed by atoms with van der Waals surface area (Å²) < 4.78 is 5.05. The lowest BCUT2D eigenvalue weighted by atomic mass is 10.2. The van der Waals surface area contributed by atoms with Gasteiger partial charge in [-0.2, -0.15) is 5.10 Å². The average Bonchev–Trinajstić information content (AvgIpc) is 2.98. The van der Waals surface area contributed by atoms with Crippen LogP contribution in [0.2, 0.25) is 0 Å². The lowest BCUT2D eigenvalue weighted by Crippen LogP contribution is -2.18. The summed E-state index contributed by atoms with van der Waals surface area (Å²) >= 11 is 0. The van der Waals surface area contributed by atoms with Gasteiger partial charge in [0, 0.05) is 18.7 Å². The van der Waals surface area contributed by atoms with Crippen LogP contribution in [0.5, 0.6) is 0 Å². The second kappa shape index (κ2) is 7.78. The van der Waals surface area contributed by atoms with Gasteiger partial charge in [-0.25, -0.2) is 5.43 Å². The molecule has 1 amide bonds. The fraction of sp³-hybridized carbons (Fsp3) is 0.200. The number of nitrogens with one attached hydrogen (secondary N) is 2. The Labute approximate surface area is 117 Å². The number of furan rings is 1. The molecule has 0 saturated heterocycles. The minimum atomic E-state index is -0.109. The van der Waals surface area contributed by atoms with Crippen LogP contribution in [0.25, 0.3) is 0 Å². The van der Waals surface area contributed by atoms with E-state index in [2.05, 4.69) is 15.8 Å². The molecule has 5 nitrogen and oxygen atoms in total. The molecule has 0 radical (unpaired) electrons. The Morgan fingerprint density at radius 2 is 2.05 bits per heavy atom. The fourth-order valence-electron chi connectivity index (χ4n) is 1.63. The minimum Gasteiger partial charge on any atom is -0.463 e. The van der Waals surface area contributed by atoms with Gasteiger partial charge >= 0.3 is 0 Å². The smallest absolute Gasteiger partial charge is 0.240 e. The maximum atomic E-state index is 11.5. The van der Waals surface area contributed by atoms with Crippen molar-refractivity contribution >= 4 is 17.8 Å². The van der Waals surface area contributed by atoms with Crippen molar-refractivity contribution in [1.29, 1.82) is 0 Å². The summed E-state index contributed by atoms with van der Waals surface area (Å²) in [6.45, 7) is 0.749. The second-order valence-electron chi connectivity index (χ2n) is 4.20. The summed E-state index contributed by atoms with van der Waals surface area (Å²) in [4.78, 5) is 11.5. The van der Waals surface area contributed by atoms with Crippen LogP contribution in [-0.4, -0.2) is 18.7 Å². The molecule has 0 aliphatic heterocycles. The molecule has 2 N–H and O–H groups in total. The largest absolute Gasteiger partial charge is 0.463 e. The molecule has 2 rings (SSSR count). The summed E-state index contributed by atoms with van der Waals surface area (Å²) in [5.74, 6) is 0.499. The van der Waals surface area contributed by atoms with E-state index in [4.69, 9.17) is 4.42 Å². The van der Waals surface area contributed by atoms with Crippen molar-refractivity contribution in [2.24, 2.45) is 5.10 Å². The van der Waals surface area contributed by atoms with Crippen LogP contribution in [0.3, 0.4) is 0 Å². The van der Waals surface area contributed by atoms with Crippen LogP contribution in [0.15, 0.2) is 58.2 Å². The number of hydrazone groups is 1. The molecule has 0 fully saturated rings. The highest BCUT2D eigenvalue weighted by Gasteiger charge is 1.99. The van der Waals surface area contributed by atoms with E-state index in [1.54, 1.807) is 18.4 Å². The number of carbonyl (C=O) groups excluding carboxylic acids is 1. The Hall–Kier alpha value is -2.56. The van der Waals surface area contributed by atoms with Crippen LogP contribution in [0.1, 0.15) is 18.6 Å². The van der Waals surface area contributed by atoms with Gasteiger partial charge in [0.25, 0.3) is 0 Å². The number of carbonyl (C=O) groups is 1. The quantitative estimate of drug-likeness (QED) is 0.462. The van der Waals surface area contributed by atoms with Crippen molar-refractivity contribution in [3.63, 3.8) is 0 Å². The third-order valence-corrected chi connectivity index (χ3v) is 2.61. The average molecular weight is 271 g/mol. The van der Waals surface area contributed by atoms with Gasteiger partial charge in [-0.3, -0.25) is 4.79 Å². The number of anilines is 1. The molecule has 0 saturated carbocycles. The van der Waals surface area contributed by atoms with Gasteiger partial charge in [0.05, 0.1) is 12.5 Å². The number of hydrogen-bond donors (Lipinski definition) is 2. The van der Waals surface area contributed by atoms with E-state index in [0.717, 1.165) is 18.7 Å². The van der Waals surface area contributed by atoms with E-state index >= 15 is 0 Å². The van der Waals surface area contributed by atoms with E-state index in [9.17, 15) is 4.79 Å². The molecule has 0 atom stereocenters. The minimum absolute atomic E-state index is 0.109. The highest BCUT2D eigenvalue weighted by atomic mass is 16.3. The number of para-hydroxylation sites is 1. The first kappa shape index (κ1) is 13.9. The summed E-state index contributed by atoms with van der Waals surface area (Å²) in [5.41, 5.74) is 3.52. The van der Waals surface area contributed by atoms with Crippen molar-refractivity contribution in [2.75, 3.05) is 11.9 Å². The van der Waals surface area contributed by atoms with Crippen LogP contribution < -0.4 is 10.7 Å². The lowest BCUT2D eigenvalue weighted by molar-refractivity contribution is -0.121. The standard InChI is InChI=1S/C15H17N3O2/c19-15(18-17-12-14-8-5-11-20-14)9-4-10-16-13-6-2-1-3-7-13/h1-3,5-8,11-12,16H,4,9-10H2,(H,18,19)/b17-12-. The van der Waals surface area contributed by atoms with Gasteiger partial charge in [-0.1, -0.05) is 18.2 Å². The second-order valence-corrected chi connectivity index (χ2v) is 4.20. The number of rotatable bonds is 7. The molecule has 0 bridgehead atoms. The monoisotopic (exact) mass is 271 g/mol. The molecule has 1 aromatic carbocycles. The van der Waals surface area contributed by atoms with Gasteiger partial charge in [-0.15, -0.1) is 0 Å². The molecular weight excluding hydrogens is 254 g/mol. The van der Waals surface area contributed by atoms with E-state index in [1.165, 1.54) is 6.21 Å². The van der Waals surface area contributed by atoms with Crippen molar-refractivity contribution in [1.82, 2.24) is 5.43 Å². The zero-order valence-electron chi connectivity index (χ0n) is 11.1. The van der Waals surface area contributed by atoms with E-state index in [0.29, 0.717) is 12.2 Å². The van der Waals surface area contributed by atoms with Gasteiger partial charge in [0.15, 0.2) is 0 Å². The molecule has 20 heavy (non-hydrogen) atoms. The van der Waals surface area contributed by atoms with Crippen molar-refractivity contribution in [3.8, 4) is 0 Å². The molecule has 104 valence electrons.